The van der Waals surface area contributed by atoms with E-state index >= 15 is 0 Å². The fourth-order valence-electron chi connectivity index (χ4n) is 3.02. The van der Waals surface area contributed by atoms with E-state index in [0.29, 0.717) is 22.8 Å². The lowest BCUT2D eigenvalue weighted by Gasteiger charge is -2.11. The predicted octanol–water partition coefficient (Wildman–Crippen LogP) is 2.23. The van der Waals surface area contributed by atoms with Gasteiger partial charge in [-0.2, -0.15) is 0 Å². The molecule has 2 aromatic carbocycles. The zero-order valence-electron chi connectivity index (χ0n) is 15.2. The van der Waals surface area contributed by atoms with Gasteiger partial charge in [0.25, 0.3) is 11.6 Å². The van der Waals surface area contributed by atoms with Gasteiger partial charge in [0.05, 0.1) is 22.9 Å². The summed E-state index contributed by atoms with van der Waals surface area (Å²) in [5, 5.41) is 15.7. The summed E-state index contributed by atoms with van der Waals surface area (Å²) in [5.74, 6) is 0.227. The van der Waals surface area contributed by atoms with Gasteiger partial charge in [-0.05, 0) is 6.07 Å². The number of non-ortho nitro benzene ring substituents is 1. The number of hydrogen-bond acceptors (Lipinski definition) is 6. The standard InChI is InChI=1S/C19H16N6O3/c1-23(2)19(26)18-21-16-11-20-17(12-6-4-3-5-7-12)14-10-13(25(27)28)8-9-15(14)24(16)22-18/h3-10H,11H2,1-2H3. The van der Waals surface area contributed by atoms with Crippen LogP contribution in [0.25, 0.3) is 5.69 Å². The topological polar surface area (TPSA) is 107 Å². The third-order valence-electron chi connectivity index (χ3n) is 4.37. The summed E-state index contributed by atoms with van der Waals surface area (Å²) in [7, 11) is 3.25. The second-order valence-corrected chi connectivity index (χ2v) is 6.45. The van der Waals surface area contributed by atoms with Crippen LogP contribution in [0.1, 0.15) is 27.6 Å². The molecule has 0 bridgehead atoms. The molecular weight excluding hydrogens is 360 g/mol. The van der Waals surface area contributed by atoms with Crippen LogP contribution in [0.3, 0.4) is 0 Å². The Hall–Kier alpha value is -3.88. The van der Waals surface area contributed by atoms with Gasteiger partial charge < -0.3 is 4.90 Å². The van der Waals surface area contributed by atoms with E-state index in [9.17, 15) is 14.9 Å². The molecule has 28 heavy (non-hydrogen) atoms. The van der Waals surface area contributed by atoms with Crippen molar-refractivity contribution < 1.29 is 9.72 Å². The summed E-state index contributed by atoms with van der Waals surface area (Å²) >= 11 is 0. The van der Waals surface area contributed by atoms with E-state index < -0.39 is 4.92 Å². The fraction of sp³-hybridized carbons (Fsp3) is 0.158. The number of amides is 1. The molecule has 0 atom stereocenters. The first kappa shape index (κ1) is 17.5. The number of aromatic nitrogens is 3. The van der Waals surface area contributed by atoms with Crippen LogP contribution in [0, 0.1) is 10.1 Å². The number of carbonyl (C=O) groups excluding carboxylic acids is 1. The molecule has 0 unspecified atom stereocenters. The SMILES string of the molecule is CN(C)C(=O)c1nc2n(n1)-c1ccc([N+](=O)[O-])cc1C(c1ccccc1)=NC2. The Bertz CT molecular complexity index is 1120. The molecule has 0 aliphatic carbocycles. The molecule has 1 amide bonds. The molecule has 0 spiro atoms. The van der Waals surface area contributed by atoms with Crippen molar-refractivity contribution in [1.82, 2.24) is 19.7 Å². The Morgan fingerprint density at radius 1 is 1.18 bits per heavy atom. The smallest absolute Gasteiger partial charge is 0.293 e. The molecule has 0 radical (unpaired) electrons. The number of rotatable bonds is 3. The van der Waals surface area contributed by atoms with Gasteiger partial charge in [-0.3, -0.25) is 19.9 Å². The zero-order valence-corrected chi connectivity index (χ0v) is 15.2. The van der Waals surface area contributed by atoms with Crippen molar-refractivity contribution >= 4 is 17.3 Å². The Morgan fingerprint density at radius 3 is 2.61 bits per heavy atom. The number of aliphatic imine (C=N–C) groups is 1. The maximum atomic E-state index is 12.3. The molecule has 0 N–H and O–H groups in total. The van der Waals surface area contributed by atoms with Gasteiger partial charge >= 0.3 is 0 Å². The molecular formula is C19H16N6O3. The molecule has 1 aromatic heterocycles. The van der Waals surface area contributed by atoms with Crippen LogP contribution in [0.2, 0.25) is 0 Å². The van der Waals surface area contributed by atoms with Crippen molar-refractivity contribution in [2.45, 2.75) is 6.54 Å². The maximum Gasteiger partial charge on any atom is 0.293 e. The highest BCUT2D eigenvalue weighted by Crippen LogP contribution is 2.27. The first-order valence-electron chi connectivity index (χ1n) is 8.52. The molecule has 0 fully saturated rings. The molecule has 0 saturated carbocycles. The van der Waals surface area contributed by atoms with E-state index in [4.69, 9.17) is 0 Å². The van der Waals surface area contributed by atoms with E-state index in [2.05, 4.69) is 15.1 Å². The van der Waals surface area contributed by atoms with Crippen molar-refractivity contribution in [3.05, 3.63) is 81.4 Å². The Morgan fingerprint density at radius 2 is 1.93 bits per heavy atom. The molecule has 4 rings (SSSR count). The number of fused-ring (bicyclic) bond motifs is 3. The molecule has 1 aliphatic rings. The zero-order chi connectivity index (χ0) is 19.8. The van der Waals surface area contributed by atoms with Crippen molar-refractivity contribution in [3.8, 4) is 5.69 Å². The number of nitrogens with zero attached hydrogens (tertiary/aromatic N) is 6. The van der Waals surface area contributed by atoms with Gasteiger partial charge in [-0.1, -0.05) is 30.3 Å². The minimum Gasteiger partial charge on any atom is -0.342 e. The normalized spacial score (nSPS) is 12.4. The highest BCUT2D eigenvalue weighted by atomic mass is 16.6. The number of benzene rings is 2. The minimum atomic E-state index is -0.447. The van der Waals surface area contributed by atoms with Crippen molar-refractivity contribution in [2.24, 2.45) is 4.99 Å². The fourth-order valence-corrected chi connectivity index (χ4v) is 3.02. The summed E-state index contributed by atoms with van der Waals surface area (Å²) in [6.07, 6.45) is 0. The Kier molecular flexibility index (Phi) is 4.19. The van der Waals surface area contributed by atoms with Crippen LogP contribution >= 0.6 is 0 Å². The predicted molar refractivity (Wildman–Crippen MR) is 102 cm³/mol. The summed E-state index contributed by atoms with van der Waals surface area (Å²) < 4.78 is 1.54. The quantitative estimate of drug-likeness (QED) is 0.515. The van der Waals surface area contributed by atoms with Crippen LogP contribution in [0.15, 0.2) is 53.5 Å². The lowest BCUT2D eigenvalue weighted by atomic mass is 10.00. The molecule has 140 valence electrons. The third kappa shape index (κ3) is 2.92. The lowest BCUT2D eigenvalue weighted by Crippen LogP contribution is -2.23. The first-order valence-corrected chi connectivity index (χ1v) is 8.52. The van der Waals surface area contributed by atoms with E-state index in [0.717, 1.165) is 5.56 Å². The van der Waals surface area contributed by atoms with Crippen molar-refractivity contribution in [2.75, 3.05) is 14.1 Å². The Balaban J connectivity index is 1.93. The number of hydrogen-bond donors (Lipinski definition) is 0. The maximum absolute atomic E-state index is 12.3. The van der Waals surface area contributed by atoms with Crippen molar-refractivity contribution in [1.29, 1.82) is 0 Å². The number of carbonyl (C=O) groups is 1. The first-order chi connectivity index (χ1) is 13.5. The highest BCUT2D eigenvalue weighted by molar-refractivity contribution is 6.15. The molecule has 1 aliphatic heterocycles. The van der Waals surface area contributed by atoms with Gasteiger partial charge in [0.1, 0.15) is 0 Å². The monoisotopic (exact) mass is 376 g/mol. The van der Waals surface area contributed by atoms with Gasteiger partial charge in [-0.15, -0.1) is 5.10 Å². The average Bonchev–Trinajstić information content (AvgIpc) is 3.05. The van der Waals surface area contributed by atoms with Crippen molar-refractivity contribution in [3.63, 3.8) is 0 Å². The number of nitro benzene ring substituents is 1. The van der Waals surface area contributed by atoms with E-state index in [1.165, 1.54) is 21.7 Å². The summed E-state index contributed by atoms with van der Waals surface area (Å²) in [5.41, 5.74) is 2.56. The van der Waals surface area contributed by atoms with Crippen LogP contribution < -0.4 is 0 Å². The van der Waals surface area contributed by atoms with Gasteiger partial charge in [0, 0.05) is 37.4 Å². The highest BCUT2D eigenvalue weighted by Gasteiger charge is 2.26. The van der Waals surface area contributed by atoms with E-state index in [1.807, 2.05) is 30.3 Å². The van der Waals surface area contributed by atoms with Crippen LogP contribution in [-0.4, -0.2) is 50.3 Å². The molecule has 2 heterocycles. The molecule has 3 aromatic rings. The van der Waals surface area contributed by atoms with E-state index in [-0.39, 0.29) is 24.0 Å². The summed E-state index contributed by atoms with van der Waals surface area (Å²) in [6.45, 7) is 0.195. The average molecular weight is 376 g/mol. The molecule has 0 saturated heterocycles. The van der Waals surface area contributed by atoms with Crippen LogP contribution in [-0.2, 0) is 6.54 Å². The lowest BCUT2D eigenvalue weighted by molar-refractivity contribution is -0.384. The Labute approximate surface area is 160 Å². The second kappa shape index (κ2) is 6.69. The summed E-state index contributed by atoms with van der Waals surface area (Å²) in [6, 6.07) is 13.9. The minimum absolute atomic E-state index is 0.0458. The molecule has 9 heteroatoms. The largest absolute Gasteiger partial charge is 0.342 e. The van der Waals surface area contributed by atoms with Crippen LogP contribution in [0.5, 0.6) is 0 Å². The second-order valence-electron chi connectivity index (χ2n) is 6.45. The van der Waals surface area contributed by atoms with Crippen LogP contribution in [0.4, 0.5) is 5.69 Å². The number of nitro groups is 1. The van der Waals surface area contributed by atoms with Gasteiger partial charge in [0.15, 0.2) is 5.82 Å². The molecule has 9 nitrogen and oxygen atoms in total. The summed E-state index contributed by atoms with van der Waals surface area (Å²) in [4.78, 5) is 33.5. The van der Waals surface area contributed by atoms with Gasteiger partial charge in [-0.25, -0.2) is 9.67 Å². The van der Waals surface area contributed by atoms with E-state index in [1.54, 1.807) is 20.2 Å². The van der Waals surface area contributed by atoms with Gasteiger partial charge in [0.2, 0.25) is 5.82 Å². The third-order valence-corrected chi connectivity index (χ3v) is 4.37.